The molecule has 0 spiro atoms. The van der Waals surface area contributed by atoms with Crippen molar-refractivity contribution < 1.29 is 15.1 Å². The number of hydrogen-bond donors (Lipinski definition) is 4. The first-order chi connectivity index (χ1) is 9.52. The van der Waals surface area contributed by atoms with E-state index in [2.05, 4.69) is 10.5 Å². The smallest absolute Gasteiger partial charge is 0.251 e. The van der Waals surface area contributed by atoms with Crippen molar-refractivity contribution in [3.8, 4) is 5.75 Å². The van der Waals surface area contributed by atoms with Crippen LogP contribution in [-0.4, -0.2) is 28.1 Å². The van der Waals surface area contributed by atoms with E-state index in [0.29, 0.717) is 11.1 Å². The van der Waals surface area contributed by atoms with Crippen molar-refractivity contribution >= 4 is 11.7 Å². The first-order valence-electron chi connectivity index (χ1n) is 6.61. The van der Waals surface area contributed by atoms with Crippen LogP contribution in [0, 0.1) is 12.8 Å². The van der Waals surface area contributed by atoms with Gasteiger partial charge in [0.25, 0.3) is 5.91 Å². The maximum absolute atomic E-state index is 12.2. The molecule has 20 heavy (non-hydrogen) atoms. The van der Waals surface area contributed by atoms with Crippen LogP contribution in [0.25, 0.3) is 0 Å². The second-order valence-electron chi connectivity index (χ2n) is 5.14. The summed E-state index contributed by atoms with van der Waals surface area (Å²) < 4.78 is 0. The molecule has 0 radical (unpaired) electrons. The Bertz CT molecular complexity index is 542. The van der Waals surface area contributed by atoms with E-state index < -0.39 is 0 Å². The minimum absolute atomic E-state index is 0.118. The molecule has 0 bridgehead atoms. The van der Waals surface area contributed by atoms with Gasteiger partial charge in [0.05, 0.1) is 0 Å². The van der Waals surface area contributed by atoms with E-state index in [1.54, 1.807) is 19.1 Å². The van der Waals surface area contributed by atoms with Crippen molar-refractivity contribution in [2.45, 2.75) is 32.2 Å². The van der Waals surface area contributed by atoms with Gasteiger partial charge in [-0.15, -0.1) is 0 Å². The number of nitrogens with two attached hydrogens (primary N) is 1. The summed E-state index contributed by atoms with van der Waals surface area (Å²) in [5.74, 6) is -0.00969. The van der Waals surface area contributed by atoms with Gasteiger partial charge in [-0.3, -0.25) is 4.79 Å². The Kier molecular flexibility index (Phi) is 4.12. The standard InChI is InChI=1S/C14H19N3O3/c1-8-7-9(5-6-12(8)18)14(19)16-11-4-2-3-10(11)13(15)17-20/h5-7,10-11,18,20H,2-4H2,1H3,(H2,15,17)(H,16,19). The van der Waals surface area contributed by atoms with Crippen LogP contribution >= 0.6 is 0 Å². The van der Waals surface area contributed by atoms with E-state index >= 15 is 0 Å². The molecular formula is C14H19N3O3. The summed E-state index contributed by atoms with van der Waals surface area (Å²) in [6, 6.07) is 4.59. The van der Waals surface area contributed by atoms with Crippen molar-refractivity contribution in [1.82, 2.24) is 5.32 Å². The number of aryl methyl sites for hydroxylation is 1. The van der Waals surface area contributed by atoms with Crippen molar-refractivity contribution in [3.63, 3.8) is 0 Å². The molecule has 108 valence electrons. The third-order valence-corrected chi connectivity index (χ3v) is 3.79. The van der Waals surface area contributed by atoms with Gasteiger partial charge in [-0.25, -0.2) is 0 Å². The van der Waals surface area contributed by atoms with Gasteiger partial charge in [-0.05, 0) is 43.5 Å². The molecule has 2 unspecified atom stereocenters. The predicted molar refractivity (Wildman–Crippen MR) is 74.8 cm³/mol. The van der Waals surface area contributed by atoms with E-state index in [4.69, 9.17) is 10.9 Å². The van der Waals surface area contributed by atoms with Crippen LogP contribution in [0.2, 0.25) is 0 Å². The van der Waals surface area contributed by atoms with Gasteiger partial charge in [-0.1, -0.05) is 11.6 Å². The van der Waals surface area contributed by atoms with Crippen molar-refractivity contribution in [2.75, 3.05) is 0 Å². The first-order valence-corrected chi connectivity index (χ1v) is 6.61. The highest BCUT2D eigenvalue weighted by Crippen LogP contribution is 2.26. The lowest BCUT2D eigenvalue weighted by molar-refractivity contribution is 0.0933. The summed E-state index contributed by atoms with van der Waals surface area (Å²) in [7, 11) is 0. The summed E-state index contributed by atoms with van der Waals surface area (Å²) in [5, 5.41) is 24.2. The number of carbonyl (C=O) groups excluding carboxylic acids is 1. The van der Waals surface area contributed by atoms with Gasteiger partial charge in [0.2, 0.25) is 0 Å². The summed E-state index contributed by atoms with van der Waals surface area (Å²) in [6.45, 7) is 1.74. The van der Waals surface area contributed by atoms with Gasteiger partial charge in [0.1, 0.15) is 11.6 Å². The van der Waals surface area contributed by atoms with Gasteiger partial charge in [0.15, 0.2) is 0 Å². The second-order valence-corrected chi connectivity index (χ2v) is 5.14. The SMILES string of the molecule is Cc1cc(C(=O)NC2CCCC2/C(N)=N/O)ccc1O. The van der Waals surface area contributed by atoms with E-state index in [9.17, 15) is 9.90 Å². The highest BCUT2D eigenvalue weighted by Gasteiger charge is 2.31. The maximum Gasteiger partial charge on any atom is 0.251 e. The predicted octanol–water partition coefficient (Wildman–Crippen LogP) is 1.35. The number of carbonyl (C=O) groups is 1. The molecule has 1 aliphatic rings. The Hall–Kier alpha value is -2.24. The number of nitrogens with zero attached hydrogens (tertiary/aromatic N) is 1. The Morgan fingerprint density at radius 3 is 2.85 bits per heavy atom. The molecule has 1 saturated carbocycles. The molecule has 2 rings (SSSR count). The zero-order valence-corrected chi connectivity index (χ0v) is 11.3. The van der Waals surface area contributed by atoms with Crippen LogP contribution in [-0.2, 0) is 0 Å². The van der Waals surface area contributed by atoms with Gasteiger partial charge in [-0.2, -0.15) is 0 Å². The zero-order chi connectivity index (χ0) is 14.7. The zero-order valence-electron chi connectivity index (χ0n) is 11.3. The Balaban J connectivity index is 2.09. The molecule has 1 aromatic rings. The van der Waals surface area contributed by atoms with E-state index in [1.165, 1.54) is 6.07 Å². The maximum atomic E-state index is 12.2. The van der Waals surface area contributed by atoms with Crippen molar-refractivity contribution in [1.29, 1.82) is 0 Å². The molecule has 0 aliphatic heterocycles. The highest BCUT2D eigenvalue weighted by atomic mass is 16.4. The number of benzene rings is 1. The number of oxime groups is 1. The van der Waals surface area contributed by atoms with Crippen LogP contribution in [0.3, 0.4) is 0 Å². The Labute approximate surface area is 117 Å². The van der Waals surface area contributed by atoms with E-state index in [1.807, 2.05) is 0 Å². The third kappa shape index (κ3) is 2.84. The number of rotatable bonds is 3. The lowest BCUT2D eigenvalue weighted by Gasteiger charge is -2.20. The summed E-state index contributed by atoms with van der Waals surface area (Å²) in [4.78, 5) is 12.2. The molecule has 0 aromatic heterocycles. The summed E-state index contributed by atoms with van der Waals surface area (Å²) >= 11 is 0. The molecule has 2 atom stereocenters. The number of phenols is 1. The molecule has 1 amide bonds. The fourth-order valence-corrected chi connectivity index (χ4v) is 2.61. The first kappa shape index (κ1) is 14.2. The Morgan fingerprint density at radius 2 is 2.20 bits per heavy atom. The van der Waals surface area contributed by atoms with E-state index in [0.717, 1.165) is 19.3 Å². The highest BCUT2D eigenvalue weighted by molar-refractivity contribution is 5.95. The number of amides is 1. The van der Waals surface area contributed by atoms with Gasteiger partial charge in [0, 0.05) is 17.5 Å². The number of aromatic hydroxyl groups is 1. The molecule has 6 nitrogen and oxygen atoms in total. The summed E-state index contributed by atoms with van der Waals surface area (Å²) in [5.41, 5.74) is 6.78. The molecule has 1 aromatic carbocycles. The molecule has 0 heterocycles. The number of amidine groups is 1. The third-order valence-electron chi connectivity index (χ3n) is 3.79. The largest absolute Gasteiger partial charge is 0.508 e. The Morgan fingerprint density at radius 1 is 1.45 bits per heavy atom. The number of nitrogens with one attached hydrogen (secondary N) is 1. The average Bonchev–Trinajstić information content (AvgIpc) is 2.89. The molecule has 1 fully saturated rings. The average molecular weight is 277 g/mol. The fraction of sp³-hybridized carbons (Fsp3) is 0.429. The number of hydrogen-bond acceptors (Lipinski definition) is 4. The second kappa shape index (κ2) is 5.81. The molecular weight excluding hydrogens is 258 g/mol. The molecule has 5 N–H and O–H groups in total. The van der Waals surface area contributed by atoms with Gasteiger partial charge < -0.3 is 21.4 Å². The van der Waals surface area contributed by atoms with Crippen molar-refractivity contribution in [3.05, 3.63) is 29.3 Å². The fourth-order valence-electron chi connectivity index (χ4n) is 2.61. The van der Waals surface area contributed by atoms with E-state index in [-0.39, 0.29) is 29.5 Å². The summed E-state index contributed by atoms with van der Waals surface area (Å²) in [6.07, 6.45) is 2.54. The monoisotopic (exact) mass is 277 g/mol. The van der Waals surface area contributed by atoms with Gasteiger partial charge >= 0.3 is 0 Å². The lowest BCUT2D eigenvalue weighted by Crippen LogP contribution is -2.42. The topological polar surface area (TPSA) is 108 Å². The van der Waals surface area contributed by atoms with Crippen LogP contribution in [0.4, 0.5) is 0 Å². The van der Waals surface area contributed by atoms with Crippen LogP contribution in [0.15, 0.2) is 23.4 Å². The minimum atomic E-state index is -0.212. The quantitative estimate of drug-likeness (QED) is 0.289. The van der Waals surface area contributed by atoms with Crippen LogP contribution in [0.1, 0.15) is 35.2 Å². The van der Waals surface area contributed by atoms with Crippen LogP contribution in [0.5, 0.6) is 5.75 Å². The normalized spacial score (nSPS) is 22.8. The minimum Gasteiger partial charge on any atom is -0.508 e. The molecule has 1 aliphatic carbocycles. The number of phenolic OH excluding ortho intramolecular Hbond substituents is 1. The molecule has 0 saturated heterocycles. The van der Waals surface area contributed by atoms with Crippen molar-refractivity contribution in [2.24, 2.45) is 16.8 Å². The molecule has 6 heteroatoms. The van der Waals surface area contributed by atoms with Crippen LogP contribution < -0.4 is 11.1 Å². The lowest BCUT2D eigenvalue weighted by atomic mass is 10.0.